The van der Waals surface area contributed by atoms with Crippen LogP contribution in [0.25, 0.3) is 0 Å². The summed E-state index contributed by atoms with van der Waals surface area (Å²) in [6.45, 7) is 0. The van der Waals surface area contributed by atoms with Crippen molar-refractivity contribution in [1.29, 1.82) is 0 Å². The Morgan fingerprint density at radius 3 is 2.73 bits per heavy atom. The Morgan fingerprint density at radius 1 is 1.45 bits per heavy atom. The lowest BCUT2D eigenvalue weighted by molar-refractivity contribution is 0.525. The summed E-state index contributed by atoms with van der Waals surface area (Å²) in [7, 11) is 0. The van der Waals surface area contributed by atoms with Crippen LogP contribution in [0.3, 0.4) is 0 Å². The summed E-state index contributed by atoms with van der Waals surface area (Å²) in [5, 5.41) is 0. The van der Waals surface area contributed by atoms with Crippen molar-refractivity contribution in [2.75, 3.05) is 12.0 Å². The highest BCUT2D eigenvalue weighted by molar-refractivity contribution is 7.98. The Labute approximate surface area is 74.1 Å². The number of hydrogen-bond donors (Lipinski definition) is 1. The van der Waals surface area contributed by atoms with Gasteiger partial charge in [0.2, 0.25) is 0 Å². The lowest BCUT2D eigenvalue weighted by Crippen LogP contribution is -2.21. The van der Waals surface area contributed by atoms with Gasteiger partial charge in [-0.3, -0.25) is 0 Å². The third-order valence-corrected chi connectivity index (χ3v) is 3.06. The smallest absolute Gasteiger partial charge is 0.00671 e. The second kappa shape index (κ2) is 5.04. The predicted octanol–water partition coefficient (Wildman–Crippen LogP) is 2.26. The molecule has 1 atom stereocenters. The molecule has 1 saturated carbocycles. The molecule has 1 aliphatic carbocycles. The first-order chi connectivity index (χ1) is 5.34. The molecule has 0 bridgehead atoms. The summed E-state index contributed by atoms with van der Waals surface area (Å²) in [6, 6.07) is 0.525. The molecule has 11 heavy (non-hydrogen) atoms. The third kappa shape index (κ3) is 4.02. The molecule has 0 aromatic heterocycles. The van der Waals surface area contributed by atoms with Gasteiger partial charge in [-0.1, -0.05) is 6.42 Å². The van der Waals surface area contributed by atoms with E-state index in [0.29, 0.717) is 6.04 Å². The summed E-state index contributed by atoms with van der Waals surface area (Å²) < 4.78 is 0. The summed E-state index contributed by atoms with van der Waals surface area (Å²) in [5.74, 6) is 2.20. The fourth-order valence-corrected chi connectivity index (χ4v) is 1.88. The van der Waals surface area contributed by atoms with Gasteiger partial charge in [0.15, 0.2) is 0 Å². The second-order valence-electron chi connectivity index (χ2n) is 3.49. The van der Waals surface area contributed by atoms with Crippen LogP contribution in [0.2, 0.25) is 0 Å². The molecule has 1 nitrogen and oxygen atoms in total. The van der Waals surface area contributed by atoms with Gasteiger partial charge in [0.25, 0.3) is 0 Å². The van der Waals surface area contributed by atoms with E-state index >= 15 is 0 Å². The molecule has 0 aromatic rings. The van der Waals surface area contributed by atoms with Gasteiger partial charge in [-0.15, -0.1) is 0 Å². The van der Waals surface area contributed by atoms with Crippen molar-refractivity contribution >= 4 is 11.8 Å². The Morgan fingerprint density at radius 2 is 2.18 bits per heavy atom. The maximum absolute atomic E-state index is 5.95. The zero-order valence-electron chi connectivity index (χ0n) is 7.38. The number of rotatable bonds is 6. The van der Waals surface area contributed by atoms with E-state index in [1.165, 1.54) is 37.9 Å². The Balaban J connectivity index is 1.85. The molecule has 1 rings (SSSR count). The standard InChI is InChI=1S/C9H19NS/c1-11-7-3-2-4-9(10)8-5-6-8/h8-9H,2-7,10H2,1H3. The summed E-state index contributed by atoms with van der Waals surface area (Å²) in [5.41, 5.74) is 5.95. The Hall–Kier alpha value is 0.310. The van der Waals surface area contributed by atoms with Crippen molar-refractivity contribution in [3.05, 3.63) is 0 Å². The van der Waals surface area contributed by atoms with E-state index < -0.39 is 0 Å². The summed E-state index contributed by atoms with van der Waals surface area (Å²) in [4.78, 5) is 0. The van der Waals surface area contributed by atoms with Crippen molar-refractivity contribution in [3.8, 4) is 0 Å². The zero-order valence-corrected chi connectivity index (χ0v) is 8.20. The number of hydrogen-bond acceptors (Lipinski definition) is 2. The largest absolute Gasteiger partial charge is 0.327 e. The van der Waals surface area contributed by atoms with Gasteiger partial charge in [-0.25, -0.2) is 0 Å². The van der Waals surface area contributed by atoms with Crippen molar-refractivity contribution in [3.63, 3.8) is 0 Å². The predicted molar refractivity (Wildman–Crippen MR) is 52.9 cm³/mol. The highest BCUT2D eigenvalue weighted by Gasteiger charge is 2.27. The highest BCUT2D eigenvalue weighted by Crippen LogP contribution is 2.33. The van der Waals surface area contributed by atoms with E-state index in [1.54, 1.807) is 0 Å². The zero-order chi connectivity index (χ0) is 8.10. The highest BCUT2D eigenvalue weighted by atomic mass is 32.2. The topological polar surface area (TPSA) is 26.0 Å². The van der Waals surface area contributed by atoms with Crippen LogP contribution in [0.5, 0.6) is 0 Å². The Kier molecular flexibility index (Phi) is 4.31. The minimum absolute atomic E-state index is 0.525. The molecular weight excluding hydrogens is 154 g/mol. The fraction of sp³-hybridized carbons (Fsp3) is 1.00. The molecule has 0 heterocycles. The van der Waals surface area contributed by atoms with E-state index in [9.17, 15) is 0 Å². The van der Waals surface area contributed by atoms with Crippen LogP contribution in [0.15, 0.2) is 0 Å². The summed E-state index contributed by atoms with van der Waals surface area (Å²) >= 11 is 1.94. The fourth-order valence-electron chi connectivity index (χ4n) is 1.39. The molecule has 0 aliphatic heterocycles. The van der Waals surface area contributed by atoms with Crippen LogP contribution in [0.4, 0.5) is 0 Å². The van der Waals surface area contributed by atoms with Crippen LogP contribution in [-0.4, -0.2) is 18.1 Å². The van der Waals surface area contributed by atoms with Crippen molar-refractivity contribution in [2.45, 2.75) is 38.1 Å². The average molecular weight is 173 g/mol. The average Bonchev–Trinajstić information content (AvgIpc) is 2.79. The van der Waals surface area contributed by atoms with Gasteiger partial charge < -0.3 is 5.73 Å². The maximum atomic E-state index is 5.95. The normalized spacial score (nSPS) is 20.2. The van der Waals surface area contributed by atoms with E-state index in [1.807, 2.05) is 11.8 Å². The molecule has 66 valence electrons. The molecule has 0 radical (unpaired) electrons. The molecule has 0 amide bonds. The van der Waals surface area contributed by atoms with Gasteiger partial charge in [-0.05, 0) is 43.6 Å². The van der Waals surface area contributed by atoms with E-state index in [0.717, 1.165) is 5.92 Å². The summed E-state index contributed by atoms with van der Waals surface area (Å²) in [6.07, 6.45) is 8.89. The van der Waals surface area contributed by atoms with E-state index in [4.69, 9.17) is 5.73 Å². The van der Waals surface area contributed by atoms with Crippen LogP contribution >= 0.6 is 11.8 Å². The maximum Gasteiger partial charge on any atom is 0.00671 e. The van der Waals surface area contributed by atoms with Crippen LogP contribution in [0.1, 0.15) is 32.1 Å². The van der Waals surface area contributed by atoms with Gasteiger partial charge in [0, 0.05) is 6.04 Å². The van der Waals surface area contributed by atoms with Gasteiger partial charge in [0.1, 0.15) is 0 Å². The number of unbranched alkanes of at least 4 members (excludes halogenated alkanes) is 1. The van der Waals surface area contributed by atoms with Crippen molar-refractivity contribution < 1.29 is 0 Å². The second-order valence-corrected chi connectivity index (χ2v) is 4.48. The molecule has 1 aliphatic rings. The first-order valence-corrected chi connectivity index (χ1v) is 5.98. The van der Waals surface area contributed by atoms with Crippen LogP contribution < -0.4 is 5.73 Å². The molecular formula is C9H19NS. The minimum Gasteiger partial charge on any atom is -0.327 e. The molecule has 1 unspecified atom stereocenters. The van der Waals surface area contributed by atoms with Crippen molar-refractivity contribution in [1.82, 2.24) is 0 Å². The Bertz CT molecular complexity index is 102. The molecule has 1 fully saturated rings. The monoisotopic (exact) mass is 173 g/mol. The first kappa shape index (κ1) is 9.40. The van der Waals surface area contributed by atoms with Crippen molar-refractivity contribution in [2.24, 2.45) is 11.7 Å². The van der Waals surface area contributed by atoms with Crippen LogP contribution in [-0.2, 0) is 0 Å². The van der Waals surface area contributed by atoms with Gasteiger partial charge in [0.05, 0.1) is 0 Å². The lowest BCUT2D eigenvalue weighted by atomic mass is 10.1. The minimum atomic E-state index is 0.525. The van der Waals surface area contributed by atoms with E-state index in [2.05, 4.69) is 6.26 Å². The molecule has 0 aromatic carbocycles. The number of thioether (sulfide) groups is 1. The van der Waals surface area contributed by atoms with Gasteiger partial charge in [-0.2, -0.15) is 11.8 Å². The van der Waals surface area contributed by atoms with E-state index in [-0.39, 0.29) is 0 Å². The van der Waals surface area contributed by atoms with Crippen LogP contribution in [0, 0.1) is 5.92 Å². The molecule has 2 heteroatoms. The molecule has 0 spiro atoms. The quantitative estimate of drug-likeness (QED) is 0.623. The molecule has 0 saturated heterocycles. The molecule has 2 N–H and O–H groups in total. The number of nitrogens with two attached hydrogens (primary N) is 1. The third-order valence-electron chi connectivity index (χ3n) is 2.36. The lowest BCUT2D eigenvalue weighted by Gasteiger charge is -2.08. The van der Waals surface area contributed by atoms with Gasteiger partial charge >= 0.3 is 0 Å². The first-order valence-electron chi connectivity index (χ1n) is 4.59. The SMILES string of the molecule is CSCCCCC(N)C1CC1.